The van der Waals surface area contributed by atoms with Gasteiger partial charge in [0.15, 0.2) is 0 Å². The predicted molar refractivity (Wildman–Crippen MR) is 142 cm³/mol. The lowest BCUT2D eigenvalue weighted by atomic mass is 10.1. The number of carbonyl (C=O) groups excluding carboxylic acids is 1. The first-order chi connectivity index (χ1) is 16.2. The fraction of sp³-hybridized carbons (Fsp3) is 0.759. The van der Waals surface area contributed by atoms with E-state index >= 15 is 0 Å². The van der Waals surface area contributed by atoms with Crippen LogP contribution in [0.3, 0.4) is 0 Å². The SMILES string of the molecule is CCCC/C=C/C(O)C(CO)NC(=O)CCCCCCCCC/C=C\C/C=C\CCCCC. The Balaban J connectivity index is 3.60. The lowest BCUT2D eigenvalue weighted by Gasteiger charge is -2.19. The molecule has 0 aliphatic carbocycles. The minimum Gasteiger partial charge on any atom is -0.394 e. The number of hydrogen-bond donors (Lipinski definition) is 3. The molecule has 0 saturated heterocycles. The van der Waals surface area contributed by atoms with Crippen LogP contribution >= 0.6 is 0 Å². The van der Waals surface area contributed by atoms with Gasteiger partial charge in [-0.25, -0.2) is 0 Å². The zero-order valence-corrected chi connectivity index (χ0v) is 21.6. The summed E-state index contributed by atoms with van der Waals surface area (Å²) in [5.41, 5.74) is 0. The molecule has 0 radical (unpaired) electrons. The van der Waals surface area contributed by atoms with Crippen molar-refractivity contribution in [3.05, 3.63) is 36.5 Å². The quantitative estimate of drug-likeness (QED) is 0.111. The van der Waals surface area contributed by atoms with Crippen LogP contribution in [-0.2, 0) is 4.79 Å². The maximum absolute atomic E-state index is 12.1. The summed E-state index contributed by atoms with van der Waals surface area (Å²) in [5.74, 6) is -0.0855. The molecule has 0 rings (SSSR count). The molecule has 2 unspecified atom stereocenters. The Labute approximate surface area is 204 Å². The van der Waals surface area contributed by atoms with Crippen LogP contribution in [0.15, 0.2) is 36.5 Å². The van der Waals surface area contributed by atoms with Crippen LogP contribution in [-0.4, -0.2) is 34.9 Å². The predicted octanol–water partition coefficient (Wildman–Crippen LogP) is 7.16. The van der Waals surface area contributed by atoms with E-state index in [1.165, 1.54) is 57.8 Å². The molecule has 0 aromatic rings. The molecule has 0 aromatic heterocycles. The number of aliphatic hydroxyl groups is 2. The van der Waals surface area contributed by atoms with Crippen LogP contribution in [0, 0.1) is 0 Å². The molecule has 0 aliphatic heterocycles. The van der Waals surface area contributed by atoms with E-state index in [0.717, 1.165) is 44.9 Å². The van der Waals surface area contributed by atoms with Gasteiger partial charge < -0.3 is 15.5 Å². The Bertz CT molecular complexity index is 513. The molecule has 0 aliphatic rings. The molecule has 4 nitrogen and oxygen atoms in total. The standard InChI is InChI=1S/C29H53NO3/c1-3-5-7-9-10-11-12-13-14-15-16-17-18-19-20-21-23-25-29(33)30-27(26-31)28(32)24-22-8-6-4-2/h10-11,13-14,22,24,27-28,31-32H,3-9,12,15-21,23,25-26H2,1-2H3,(H,30,33)/b11-10-,14-13-,24-22+. The van der Waals surface area contributed by atoms with E-state index in [-0.39, 0.29) is 12.5 Å². The van der Waals surface area contributed by atoms with Crippen molar-refractivity contribution in [2.45, 2.75) is 135 Å². The van der Waals surface area contributed by atoms with Crippen LogP contribution in [0.1, 0.15) is 123 Å². The molecular formula is C29H53NO3. The van der Waals surface area contributed by atoms with Gasteiger partial charge in [0.25, 0.3) is 0 Å². The minimum absolute atomic E-state index is 0.0855. The van der Waals surface area contributed by atoms with E-state index in [4.69, 9.17) is 0 Å². The average molecular weight is 464 g/mol. The van der Waals surface area contributed by atoms with Gasteiger partial charge in [0.1, 0.15) is 0 Å². The van der Waals surface area contributed by atoms with E-state index in [1.807, 2.05) is 6.08 Å². The molecule has 4 heteroatoms. The van der Waals surface area contributed by atoms with E-state index in [2.05, 4.69) is 43.5 Å². The van der Waals surface area contributed by atoms with E-state index in [1.54, 1.807) is 6.08 Å². The molecule has 0 bridgehead atoms. The van der Waals surface area contributed by atoms with Crippen molar-refractivity contribution < 1.29 is 15.0 Å². The normalized spacial score (nSPS) is 13.9. The van der Waals surface area contributed by atoms with Crippen LogP contribution < -0.4 is 5.32 Å². The summed E-state index contributed by atoms with van der Waals surface area (Å²) in [6.45, 7) is 4.11. The highest BCUT2D eigenvalue weighted by atomic mass is 16.3. The Morgan fingerprint density at radius 1 is 0.727 bits per heavy atom. The average Bonchev–Trinajstić information content (AvgIpc) is 2.82. The van der Waals surface area contributed by atoms with Crippen molar-refractivity contribution in [1.82, 2.24) is 5.32 Å². The van der Waals surface area contributed by atoms with Gasteiger partial charge in [-0.2, -0.15) is 0 Å². The van der Waals surface area contributed by atoms with Gasteiger partial charge in [-0.05, 0) is 44.9 Å². The lowest BCUT2D eigenvalue weighted by Crippen LogP contribution is -2.45. The lowest BCUT2D eigenvalue weighted by molar-refractivity contribution is -0.123. The molecule has 0 saturated carbocycles. The van der Waals surface area contributed by atoms with E-state index < -0.39 is 12.1 Å². The second-order valence-corrected chi connectivity index (χ2v) is 9.11. The maximum atomic E-state index is 12.1. The Morgan fingerprint density at radius 2 is 1.27 bits per heavy atom. The number of carbonyl (C=O) groups is 1. The van der Waals surface area contributed by atoms with Crippen LogP contribution in [0.25, 0.3) is 0 Å². The highest BCUT2D eigenvalue weighted by Gasteiger charge is 2.17. The van der Waals surface area contributed by atoms with Gasteiger partial charge in [-0.15, -0.1) is 0 Å². The number of aliphatic hydroxyl groups excluding tert-OH is 2. The zero-order valence-electron chi connectivity index (χ0n) is 21.6. The smallest absolute Gasteiger partial charge is 0.220 e. The minimum atomic E-state index is -0.835. The van der Waals surface area contributed by atoms with Crippen molar-refractivity contribution in [3.63, 3.8) is 0 Å². The molecule has 0 spiro atoms. The van der Waals surface area contributed by atoms with Crippen LogP contribution in [0.4, 0.5) is 0 Å². The Kier molecular flexibility index (Phi) is 24.2. The van der Waals surface area contributed by atoms with E-state index in [9.17, 15) is 15.0 Å². The van der Waals surface area contributed by atoms with Gasteiger partial charge in [0.05, 0.1) is 18.8 Å². The Hall–Kier alpha value is -1.39. The molecular weight excluding hydrogens is 410 g/mol. The van der Waals surface area contributed by atoms with Crippen molar-refractivity contribution >= 4 is 5.91 Å². The number of amides is 1. The molecule has 2 atom stereocenters. The van der Waals surface area contributed by atoms with Crippen molar-refractivity contribution in [2.75, 3.05) is 6.61 Å². The largest absolute Gasteiger partial charge is 0.394 e. The van der Waals surface area contributed by atoms with Gasteiger partial charge in [0, 0.05) is 6.42 Å². The summed E-state index contributed by atoms with van der Waals surface area (Å²) in [7, 11) is 0. The molecule has 0 heterocycles. The van der Waals surface area contributed by atoms with Crippen molar-refractivity contribution in [1.29, 1.82) is 0 Å². The molecule has 1 amide bonds. The van der Waals surface area contributed by atoms with Gasteiger partial charge in [0.2, 0.25) is 5.91 Å². The van der Waals surface area contributed by atoms with Crippen molar-refractivity contribution in [3.8, 4) is 0 Å². The van der Waals surface area contributed by atoms with Gasteiger partial charge in [-0.3, -0.25) is 4.79 Å². The van der Waals surface area contributed by atoms with Gasteiger partial charge >= 0.3 is 0 Å². The summed E-state index contributed by atoms with van der Waals surface area (Å²) in [6, 6.07) is -0.619. The highest BCUT2D eigenvalue weighted by molar-refractivity contribution is 5.76. The molecule has 33 heavy (non-hydrogen) atoms. The third-order valence-electron chi connectivity index (χ3n) is 5.87. The highest BCUT2D eigenvalue weighted by Crippen LogP contribution is 2.10. The summed E-state index contributed by atoms with van der Waals surface area (Å²) in [5, 5.41) is 22.3. The number of allylic oxidation sites excluding steroid dienone is 5. The Morgan fingerprint density at radius 3 is 1.88 bits per heavy atom. The summed E-state index contributed by atoms with van der Waals surface area (Å²) < 4.78 is 0. The fourth-order valence-electron chi connectivity index (χ4n) is 3.66. The molecule has 0 fully saturated rings. The van der Waals surface area contributed by atoms with Crippen molar-refractivity contribution in [2.24, 2.45) is 0 Å². The summed E-state index contributed by atoms with van der Waals surface area (Å²) >= 11 is 0. The zero-order chi connectivity index (χ0) is 24.4. The fourth-order valence-corrected chi connectivity index (χ4v) is 3.66. The second-order valence-electron chi connectivity index (χ2n) is 9.11. The summed E-state index contributed by atoms with van der Waals surface area (Å²) in [6.07, 6.45) is 31.0. The number of hydrogen-bond acceptors (Lipinski definition) is 3. The third-order valence-corrected chi connectivity index (χ3v) is 5.87. The first-order valence-corrected chi connectivity index (χ1v) is 13.7. The topological polar surface area (TPSA) is 69.6 Å². The number of unbranched alkanes of at least 4 members (excludes halogenated alkanes) is 12. The number of rotatable bonds is 23. The van der Waals surface area contributed by atoms with Crippen LogP contribution in [0.2, 0.25) is 0 Å². The second kappa shape index (κ2) is 25.2. The maximum Gasteiger partial charge on any atom is 0.220 e. The van der Waals surface area contributed by atoms with Gasteiger partial charge in [-0.1, -0.05) is 108 Å². The number of nitrogens with one attached hydrogen (secondary N) is 1. The molecule has 3 N–H and O–H groups in total. The van der Waals surface area contributed by atoms with Crippen LogP contribution in [0.5, 0.6) is 0 Å². The first kappa shape index (κ1) is 31.6. The summed E-state index contributed by atoms with van der Waals surface area (Å²) in [4.78, 5) is 12.1. The first-order valence-electron chi connectivity index (χ1n) is 13.7. The molecule has 0 aromatic carbocycles. The third kappa shape index (κ3) is 22.2. The molecule has 192 valence electrons. The van der Waals surface area contributed by atoms with E-state index in [0.29, 0.717) is 6.42 Å². The monoisotopic (exact) mass is 463 g/mol.